The van der Waals surface area contributed by atoms with Crippen molar-refractivity contribution in [2.45, 2.75) is 26.2 Å². The quantitative estimate of drug-likeness (QED) is 0.769. The highest BCUT2D eigenvalue weighted by Crippen LogP contribution is 2.16. The number of piperazine rings is 1. The maximum absolute atomic E-state index is 13.8. The Labute approximate surface area is 166 Å². The first kappa shape index (κ1) is 20.1. The Morgan fingerprint density at radius 3 is 2.21 bits per heavy atom. The van der Waals surface area contributed by atoms with E-state index in [4.69, 9.17) is 0 Å². The number of halogens is 1. The van der Waals surface area contributed by atoms with Gasteiger partial charge in [0, 0.05) is 38.5 Å². The van der Waals surface area contributed by atoms with E-state index in [0.29, 0.717) is 44.6 Å². The van der Waals surface area contributed by atoms with Crippen LogP contribution in [0.3, 0.4) is 0 Å². The smallest absolute Gasteiger partial charge is 0.225 e. The molecule has 4 nitrogen and oxygen atoms in total. The molecule has 0 bridgehead atoms. The summed E-state index contributed by atoms with van der Waals surface area (Å²) in [5, 5.41) is 0. The second kappa shape index (κ2) is 9.49. The summed E-state index contributed by atoms with van der Waals surface area (Å²) >= 11 is 0. The largest absolute Gasteiger partial charge is 0.339 e. The van der Waals surface area contributed by atoms with Crippen molar-refractivity contribution in [3.8, 4) is 0 Å². The summed E-state index contributed by atoms with van der Waals surface area (Å²) in [6.45, 7) is 4.04. The number of amides is 2. The standard InChI is InChI=1S/C23H27FN2O2/c1-18(17-20-9-5-6-10-21(20)24)23(28)26-15-13-25(14-16-26)22(27)12-11-19-7-3-2-4-8-19/h2-10,18H,11-17H2,1H3. The van der Waals surface area contributed by atoms with Crippen LogP contribution >= 0.6 is 0 Å². The van der Waals surface area contributed by atoms with Crippen LogP contribution < -0.4 is 0 Å². The maximum atomic E-state index is 13.8. The molecule has 2 aromatic rings. The number of aryl methyl sites for hydroxylation is 1. The lowest BCUT2D eigenvalue weighted by Crippen LogP contribution is -2.52. The molecule has 28 heavy (non-hydrogen) atoms. The van der Waals surface area contributed by atoms with Gasteiger partial charge in [-0.25, -0.2) is 4.39 Å². The minimum atomic E-state index is -0.280. The van der Waals surface area contributed by atoms with E-state index in [-0.39, 0.29) is 23.5 Å². The molecular formula is C23H27FN2O2. The average Bonchev–Trinajstić information content (AvgIpc) is 2.74. The topological polar surface area (TPSA) is 40.6 Å². The lowest BCUT2D eigenvalue weighted by Gasteiger charge is -2.36. The van der Waals surface area contributed by atoms with Crippen molar-refractivity contribution in [1.82, 2.24) is 9.80 Å². The highest BCUT2D eigenvalue weighted by molar-refractivity contribution is 5.80. The SMILES string of the molecule is CC(Cc1ccccc1F)C(=O)N1CCN(C(=O)CCc2ccccc2)CC1. The molecule has 5 heteroatoms. The molecule has 1 unspecified atom stereocenters. The second-order valence-electron chi connectivity index (χ2n) is 7.39. The summed E-state index contributed by atoms with van der Waals surface area (Å²) in [6.07, 6.45) is 1.61. The van der Waals surface area contributed by atoms with Crippen LogP contribution in [0.2, 0.25) is 0 Å². The summed E-state index contributed by atoms with van der Waals surface area (Å²) in [5.74, 6) is -0.386. The molecule has 1 saturated heterocycles. The van der Waals surface area contributed by atoms with Crippen LogP contribution in [-0.2, 0) is 22.4 Å². The Morgan fingerprint density at radius 1 is 0.929 bits per heavy atom. The number of rotatable bonds is 6. The molecule has 2 aromatic carbocycles. The van der Waals surface area contributed by atoms with Crippen molar-refractivity contribution < 1.29 is 14.0 Å². The highest BCUT2D eigenvalue weighted by Gasteiger charge is 2.27. The number of carbonyl (C=O) groups excluding carboxylic acids is 2. The third-order valence-electron chi connectivity index (χ3n) is 5.32. The minimum absolute atomic E-state index is 0.0274. The van der Waals surface area contributed by atoms with Crippen LogP contribution in [0.5, 0.6) is 0 Å². The third-order valence-corrected chi connectivity index (χ3v) is 5.32. The summed E-state index contributed by atoms with van der Waals surface area (Å²) in [4.78, 5) is 28.8. The van der Waals surface area contributed by atoms with Gasteiger partial charge in [-0.1, -0.05) is 55.5 Å². The fourth-order valence-electron chi connectivity index (χ4n) is 3.62. The Bertz CT molecular complexity index is 801. The monoisotopic (exact) mass is 382 g/mol. The van der Waals surface area contributed by atoms with Gasteiger partial charge in [-0.3, -0.25) is 9.59 Å². The number of nitrogens with zero attached hydrogens (tertiary/aromatic N) is 2. The average molecular weight is 382 g/mol. The van der Waals surface area contributed by atoms with Crippen LogP contribution in [0.25, 0.3) is 0 Å². The van der Waals surface area contributed by atoms with E-state index < -0.39 is 0 Å². The molecule has 1 aliphatic rings. The van der Waals surface area contributed by atoms with E-state index in [2.05, 4.69) is 0 Å². The molecule has 2 amide bonds. The Morgan fingerprint density at radius 2 is 1.54 bits per heavy atom. The van der Waals surface area contributed by atoms with Crippen LogP contribution in [0.1, 0.15) is 24.5 Å². The molecule has 1 aliphatic heterocycles. The first-order valence-corrected chi connectivity index (χ1v) is 9.88. The molecule has 0 spiro atoms. The molecule has 0 aromatic heterocycles. The van der Waals surface area contributed by atoms with Gasteiger partial charge in [0.05, 0.1) is 0 Å². The molecule has 1 fully saturated rings. The molecule has 3 rings (SSSR count). The molecule has 1 heterocycles. The minimum Gasteiger partial charge on any atom is -0.339 e. The number of hydrogen-bond donors (Lipinski definition) is 0. The Hall–Kier alpha value is -2.69. The zero-order chi connectivity index (χ0) is 19.9. The second-order valence-corrected chi connectivity index (χ2v) is 7.39. The van der Waals surface area contributed by atoms with E-state index in [9.17, 15) is 14.0 Å². The van der Waals surface area contributed by atoms with Crippen molar-refractivity contribution in [3.63, 3.8) is 0 Å². The molecule has 148 valence electrons. The van der Waals surface area contributed by atoms with Gasteiger partial charge in [0.15, 0.2) is 0 Å². The van der Waals surface area contributed by atoms with Gasteiger partial charge in [0.25, 0.3) is 0 Å². The van der Waals surface area contributed by atoms with Gasteiger partial charge in [-0.15, -0.1) is 0 Å². The summed E-state index contributed by atoms with van der Waals surface area (Å²) in [6, 6.07) is 16.6. The number of benzene rings is 2. The number of carbonyl (C=O) groups is 2. The predicted molar refractivity (Wildman–Crippen MR) is 107 cm³/mol. The van der Waals surface area contributed by atoms with Crippen molar-refractivity contribution in [1.29, 1.82) is 0 Å². The van der Waals surface area contributed by atoms with Crippen molar-refractivity contribution in [2.75, 3.05) is 26.2 Å². The van der Waals surface area contributed by atoms with E-state index in [1.54, 1.807) is 23.1 Å². The highest BCUT2D eigenvalue weighted by atomic mass is 19.1. The maximum Gasteiger partial charge on any atom is 0.225 e. The zero-order valence-electron chi connectivity index (χ0n) is 16.3. The number of hydrogen-bond acceptors (Lipinski definition) is 2. The fraction of sp³-hybridized carbons (Fsp3) is 0.391. The zero-order valence-corrected chi connectivity index (χ0v) is 16.3. The van der Waals surface area contributed by atoms with Crippen LogP contribution in [0, 0.1) is 11.7 Å². The molecular weight excluding hydrogens is 355 g/mol. The van der Waals surface area contributed by atoms with Crippen LogP contribution in [-0.4, -0.2) is 47.8 Å². The van der Waals surface area contributed by atoms with Gasteiger partial charge in [0.2, 0.25) is 11.8 Å². The van der Waals surface area contributed by atoms with Crippen molar-refractivity contribution >= 4 is 11.8 Å². The van der Waals surface area contributed by atoms with E-state index in [1.807, 2.05) is 42.2 Å². The molecule has 0 radical (unpaired) electrons. The Kier molecular flexibility index (Phi) is 6.80. The molecule has 1 atom stereocenters. The van der Waals surface area contributed by atoms with E-state index in [0.717, 1.165) is 12.0 Å². The van der Waals surface area contributed by atoms with Gasteiger partial charge in [0.1, 0.15) is 5.82 Å². The lowest BCUT2D eigenvalue weighted by atomic mass is 9.99. The predicted octanol–water partition coefficient (Wildman–Crippen LogP) is 3.31. The summed E-state index contributed by atoms with van der Waals surface area (Å²) < 4.78 is 13.8. The third kappa shape index (κ3) is 5.18. The van der Waals surface area contributed by atoms with Gasteiger partial charge in [-0.05, 0) is 30.0 Å². The van der Waals surface area contributed by atoms with Crippen molar-refractivity contribution in [2.24, 2.45) is 5.92 Å². The summed E-state index contributed by atoms with van der Waals surface area (Å²) in [5.41, 5.74) is 1.73. The fourth-order valence-corrected chi connectivity index (χ4v) is 3.62. The van der Waals surface area contributed by atoms with Gasteiger partial charge in [-0.2, -0.15) is 0 Å². The molecule has 0 saturated carbocycles. The van der Waals surface area contributed by atoms with E-state index >= 15 is 0 Å². The lowest BCUT2D eigenvalue weighted by molar-refractivity contribution is -0.141. The first-order chi connectivity index (χ1) is 13.5. The van der Waals surface area contributed by atoms with Gasteiger partial charge < -0.3 is 9.80 Å². The van der Waals surface area contributed by atoms with Gasteiger partial charge >= 0.3 is 0 Å². The molecule has 0 N–H and O–H groups in total. The van der Waals surface area contributed by atoms with Crippen molar-refractivity contribution in [3.05, 3.63) is 71.5 Å². The van der Waals surface area contributed by atoms with E-state index in [1.165, 1.54) is 6.07 Å². The molecule has 0 aliphatic carbocycles. The normalized spacial score (nSPS) is 15.4. The van der Waals surface area contributed by atoms with Crippen LogP contribution in [0.4, 0.5) is 4.39 Å². The van der Waals surface area contributed by atoms with Crippen LogP contribution in [0.15, 0.2) is 54.6 Å². The Balaban J connectivity index is 1.45. The summed E-state index contributed by atoms with van der Waals surface area (Å²) in [7, 11) is 0. The first-order valence-electron chi connectivity index (χ1n) is 9.88.